The van der Waals surface area contributed by atoms with E-state index in [1.807, 2.05) is 0 Å². The first kappa shape index (κ1) is 11.6. The van der Waals surface area contributed by atoms with Gasteiger partial charge in [0.05, 0.1) is 0 Å². The number of hydrogen-bond donors (Lipinski definition) is 2. The fourth-order valence-electron chi connectivity index (χ4n) is 3.34. The second-order valence-corrected chi connectivity index (χ2v) is 5.58. The molecule has 0 spiro atoms. The van der Waals surface area contributed by atoms with Gasteiger partial charge in [0.25, 0.3) is 0 Å². The SMILES string of the molecule is NC(=NO)C1Cc2cc3c(cc2C1)CCCCC3. The van der Waals surface area contributed by atoms with Crippen molar-refractivity contribution >= 4 is 5.84 Å². The standard InChI is InChI=1S/C15H20N2O/c16-15(17-18)14-8-12-6-10-4-2-1-3-5-11(10)7-13(12)9-14/h6-7,14,18H,1-5,8-9H2,(H2,16,17). The molecule has 2 aliphatic rings. The van der Waals surface area contributed by atoms with Gasteiger partial charge in [0.15, 0.2) is 0 Å². The summed E-state index contributed by atoms with van der Waals surface area (Å²) in [5.74, 6) is 0.567. The second kappa shape index (κ2) is 4.63. The fraction of sp³-hybridized carbons (Fsp3) is 0.533. The molecule has 0 amide bonds. The molecule has 0 atom stereocenters. The van der Waals surface area contributed by atoms with Crippen LogP contribution in [0.1, 0.15) is 41.5 Å². The zero-order valence-corrected chi connectivity index (χ0v) is 10.7. The van der Waals surface area contributed by atoms with Gasteiger partial charge in [-0.1, -0.05) is 23.7 Å². The number of oxime groups is 1. The van der Waals surface area contributed by atoms with E-state index in [0.717, 1.165) is 12.8 Å². The molecule has 96 valence electrons. The maximum atomic E-state index is 8.79. The van der Waals surface area contributed by atoms with Crippen LogP contribution in [-0.4, -0.2) is 11.0 Å². The third kappa shape index (κ3) is 1.98. The quantitative estimate of drug-likeness (QED) is 0.262. The van der Waals surface area contributed by atoms with Gasteiger partial charge in [-0.25, -0.2) is 0 Å². The molecule has 0 unspecified atom stereocenters. The molecule has 0 saturated heterocycles. The molecule has 3 heteroatoms. The minimum atomic E-state index is 0.191. The molecule has 0 saturated carbocycles. The maximum Gasteiger partial charge on any atom is 0.142 e. The van der Waals surface area contributed by atoms with Gasteiger partial charge in [-0.05, 0) is 60.8 Å². The fourth-order valence-corrected chi connectivity index (χ4v) is 3.34. The molecule has 0 aromatic heterocycles. The van der Waals surface area contributed by atoms with Crippen LogP contribution in [0.15, 0.2) is 17.3 Å². The minimum Gasteiger partial charge on any atom is -0.409 e. The van der Waals surface area contributed by atoms with Crippen LogP contribution in [0.5, 0.6) is 0 Å². The summed E-state index contributed by atoms with van der Waals surface area (Å²) in [6, 6.07) is 4.75. The first-order valence-electron chi connectivity index (χ1n) is 6.89. The van der Waals surface area contributed by atoms with E-state index in [2.05, 4.69) is 17.3 Å². The largest absolute Gasteiger partial charge is 0.409 e. The summed E-state index contributed by atoms with van der Waals surface area (Å²) in [5, 5.41) is 11.9. The first-order chi connectivity index (χ1) is 8.78. The number of aryl methyl sites for hydroxylation is 2. The second-order valence-electron chi connectivity index (χ2n) is 5.58. The number of benzene rings is 1. The van der Waals surface area contributed by atoms with Gasteiger partial charge in [0.1, 0.15) is 5.84 Å². The molecule has 0 heterocycles. The summed E-state index contributed by atoms with van der Waals surface area (Å²) in [4.78, 5) is 0. The lowest BCUT2D eigenvalue weighted by Gasteiger charge is -2.09. The Labute approximate surface area is 108 Å². The Hall–Kier alpha value is -1.51. The summed E-state index contributed by atoms with van der Waals surface area (Å²) in [6.45, 7) is 0. The van der Waals surface area contributed by atoms with Crippen LogP contribution in [0.2, 0.25) is 0 Å². The molecule has 1 aromatic rings. The molecule has 0 fully saturated rings. The number of amidine groups is 1. The van der Waals surface area contributed by atoms with Crippen molar-refractivity contribution < 1.29 is 5.21 Å². The van der Waals surface area contributed by atoms with E-state index in [9.17, 15) is 0 Å². The van der Waals surface area contributed by atoms with Crippen LogP contribution in [0.3, 0.4) is 0 Å². The van der Waals surface area contributed by atoms with Crippen LogP contribution in [-0.2, 0) is 25.7 Å². The first-order valence-corrected chi connectivity index (χ1v) is 6.89. The Balaban J connectivity index is 1.91. The predicted molar refractivity (Wildman–Crippen MR) is 72.0 cm³/mol. The highest BCUT2D eigenvalue weighted by Crippen LogP contribution is 2.32. The Morgan fingerprint density at radius 1 is 1.00 bits per heavy atom. The topological polar surface area (TPSA) is 58.6 Å². The van der Waals surface area contributed by atoms with E-state index in [4.69, 9.17) is 10.9 Å². The van der Waals surface area contributed by atoms with E-state index >= 15 is 0 Å². The van der Waals surface area contributed by atoms with Crippen molar-refractivity contribution in [3.8, 4) is 0 Å². The van der Waals surface area contributed by atoms with Crippen LogP contribution >= 0.6 is 0 Å². The molecule has 0 bridgehead atoms. The third-order valence-corrected chi connectivity index (χ3v) is 4.38. The van der Waals surface area contributed by atoms with Gasteiger partial charge >= 0.3 is 0 Å². The van der Waals surface area contributed by atoms with Crippen LogP contribution < -0.4 is 5.73 Å². The summed E-state index contributed by atoms with van der Waals surface area (Å²) in [7, 11) is 0. The lowest BCUT2D eigenvalue weighted by Crippen LogP contribution is -2.23. The van der Waals surface area contributed by atoms with Crippen LogP contribution in [0.25, 0.3) is 0 Å². The van der Waals surface area contributed by atoms with Crippen molar-refractivity contribution in [2.75, 3.05) is 0 Å². The third-order valence-electron chi connectivity index (χ3n) is 4.38. The van der Waals surface area contributed by atoms with Crippen molar-refractivity contribution in [2.24, 2.45) is 16.8 Å². The van der Waals surface area contributed by atoms with Crippen molar-refractivity contribution in [2.45, 2.75) is 44.9 Å². The van der Waals surface area contributed by atoms with E-state index in [1.165, 1.54) is 54.4 Å². The highest BCUT2D eigenvalue weighted by Gasteiger charge is 2.26. The van der Waals surface area contributed by atoms with Crippen molar-refractivity contribution in [1.82, 2.24) is 0 Å². The van der Waals surface area contributed by atoms with Crippen molar-refractivity contribution in [3.63, 3.8) is 0 Å². The van der Waals surface area contributed by atoms with E-state index < -0.39 is 0 Å². The van der Waals surface area contributed by atoms with Crippen molar-refractivity contribution in [3.05, 3.63) is 34.4 Å². The number of hydrogen-bond acceptors (Lipinski definition) is 2. The smallest absolute Gasteiger partial charge is 0.142 e. The molecule has 3 rings (SSSR count). The van der Waals surface area contributed by atoms with Gasteiger partial charge in [0.2, 0.25) is 0 Å². The van der Waals surface area contributed by atoms with Gasteiger partial charge in [-0.3, -0.25) is 0 Å². The minimum absolute atomic E-state index is 0.191. The zero-order chi connectivity index (χ0) is 12.5. The normalized spacial score (nSPS) is 20.3. The van der Waals surface area contributed by atoms with E-state index in [0.29, 0.717) is 5.84 Å². The molecule has 0 radical (unpaired) electrons. The Morgan fingerprint density at radius 3 is 2.06 bits per heavy atom. The summed E-state index contributed by atoms with van der Waals surface area (Å²) in [6.07, 6.45) is 8.28. The summed E-state index contributed by atoms with van der Waals surface area (Å²) >= 11 is 0. The lowest BCUT2D eigenvalue weighted by molar-refractivity contribution is 0.314. The predicted octanol–water partition coefficient (Wildman–Crippen LogP) is 2.42. The van der Waals surface area contributed by atoms with Gasteiger partial charge < -0.3 is 10.9 Å². The van der Waals surface area contributed by atoms with E-state index in [-0.39, 0.29) is 5.92 Å². The number of fused-ring (bicyclic) bond motifs is 2. The van der Waals surface area contributed by atoms with Gasteiger partial charge in [0, 0.05) is 5.92 Å². The van der Waals surface area contributed by atoms with Crippen molar-refractivity contribution in [1.29, 1.82) is 0 Å². The highest BCUT2D eigenvalue weighted by atomic mass is 16.4. The average molecular weight is 244 g/mol. The van der Waals surface area contributed by atoms with Gasteiger partial charge in [-0.15, -0.1) is 0 Å². The molecule has 2 aliphatic carbocycles. The average Bonchev–Trinajstić information content (AvgIpc) is 2.66. The molecule has 1 aromatic carbocycles. The highest BCUT2D eigenvalue weighted by molar-refractivity contribution is 5.83. The molecule has 0 aliphatic heterocycles. The Morgan fingerprint density at radius 2 is 1.56 bits per heavy atom. The van der Waals surface area contributed by atoms with E-state index in [1.54, 1.807) is 0 Å². The summed E-state index contributed by atoms with van der Waals surface area (Å²) < 4.78 is 0. The molecule has 3 N–H and O–H groups in total. The summed E-state index contributed by atoms with van der Waals surface area (Å²) in [5.41, 5.74) is 11.6. The number of nitrogens with zero attached hydrogens (tertiary/aromatic N) is 1. The van der Waals surface area contributed by atoms with Crippen LogP contribution in [0, 0.1) is 5.92 Å². The molecular formula is C15H20N2O. The Bertz CT molecular complexity index is 459. The lowest BCUT2D eigenvalue weighted by atomic mass is 9.97. The van der Waals surface area contributed by atoms with Gasteiger partial charge in [-0.2, -0.15) is 0 Å². The zero-order valence-electron chi connectivity index (χ0n) is 10.7. The maximum absolute atomic E-state index is 8.79. The Kier molecular flexibility index (Phi) is 2.98. The van der Waals surface area contributed by atoms with Crippen LogP contribution in [0.4, 0.5) is 0 Å². The monoisotopic (exact) mass is 244 g/mol. The number of rotatable bonds is 1. The molecule has 18 heavy (non-hydrogen) atoms. The number of nitrogens with two attached hydrogens (primary N) is 1. The molecular weight excluding hydrogens is 224 g/mol. The molecule has 3 nitrogen and oxygen atoms in total.